The number of aryl methyl sites for hydroxylation is 2. The fourth-order valence-corrected chi connectivity index (χ4v) is 4.19. The maximum atomic E-state index is 13.0. The number of aromatic amines is 1. The molecular weight excluding hydrogens is 346 g/mol. The molecule has 1 aliphatic carbocycles. The van der Waals surface area contributed by atoms with Crippen LogP contribution in [0.5, 0.6) is 0 Å². The number of nitrogens with one attached hydrogen (secondary N) is 3. The number of imide groups is 1. The summed E-state index contributed by atoms with van der Waals surface area (Å²) in [5, 5.41) is 12.4. The lowest BCUT2D eigenvalue weighted by molar-refractivity contribution is -0.135. The molecule has 3 rings (SSSR count). The molecule has 0 aromatic carbocycles. The van der Waals surface area contributed by atoms with Crippen LogP contribution < -0.4 is 10.6 Å². The van der Waals surface area contributed by atoms with Gasteiger partial charge in [0.1, 0.15) is 12.1 Å². The predicted molar refractivity (Wildman–Crippen MR) is 101 cm³/mol. The zero-order valence-corrected chi connectivity index (χ0v) is 16.7. The highest BCUT2D eigenvalue weighted by Gasteiger charge is 2.53. The average molecular weight is 375 g/mol. The summed E-state index contributed by atoms with van der Waals surface area (Å²) in [6.07, 6.45) is 3.03. The highest BCUT2D eigenvalue weighted by Crippen LogP contribution is 2.43. The summed E-state index contributed by atoms with van der Waals surface area (Å²) in [5.41, 5.74) is 1.32. The minimum Gasteiger partial charge on any atom is -0.323 e. The second-order valence-corrected chi connectivity index (χ2v) is 8.90. The van der Waals surface area contributed by atoms with Crippen LogP contribution in [-0.4, -0.2) is 45.0 Å². The first kappa shape index (κ1) is 19.4. The topological polar surface area (TPSA) is 107 Å². The van der Waals surface area contributed by atoms with Crippen LogP contribution in [0.15, 0.2) is 0 Å². The standard InChI is InChI=1S/C19H29N5O3/c1-11-15(12(2)23-22-11)20-14(25)10-24-16(26)19(21-17(24)27)8-6-13(7-9-19)18(3,4)5/h13H,6-10H2,1-5H3,(H,20,25)(H,21,27)(H,22,23). The van der Waals surface area contributed by atoms with Crippen molar-refractivity contribution >= 4 is 23.5 Å². The smallest absolute Gasteiger partial charge is 0.323 e. The average Bonchev–Trinajstić information content (AvgIpc) is 3.00. The fourth-order valence-electron chi connectivity index (χ4n) is 4.19. The number of anilines is 1. The van der Waals surface area contributed by atoms with Gasteiger partial charge in [0.15, 0.2) is 0 Å². The van der Waals surface area contributed by atoms with Gasteiger partial charge >= 0.3 is 6.03 Å². The summed E-state index contributed by atoms with van der Waals surface area (Å²) in [6, 6.07) is -0.481. The van der Waals surface area contributed by atoms with E-state index >= 15 is 0 Å². The van der Waals surface area contributed by atoms with E-state index in [9.17, 15) is 14.4 Å². The third kappa shape index (κ3) is 3.57. The second-order valence-electron chi connectivity index (χ2n) is 8.90. The Morgan fingerprint density at radius 2 is 1.89 bits per heavy atom. The Hall–Kier alpha value is -2.38. The Kier molecular flexibility index (Phi) is 4.78. The maximum Gasteiger partial charge on any atom is 0.325 e. The van der Waals surface area contributed by atoms with E-state index in [2.05, 4.69) is 41.6 Å². The molecule has 8 heteroatoms. The highest BCUT2D eigenvalue weighted by atomic mass is 16.2. The lowest BCUT2D eigenvalue weighted by Crippen LogP contribution is -2.51. The molecule has 148 valence electrons. The second kappa shape index (κ2) is 6.65. The summed E-state index contributed by atoms with van der Waals surface area (Å²) in [7, 11) is 0. The van der Waals surface area contributed by atoms with Crippen molar-refractivity contribution < 1.29 is 14.4 Å². The van der Waals surface area contributed by atoms with Gasteiger partial charge in [-0.25, -0.2) is 4.79 Å². The minimum absolute atomic E-state index is 0.188. The Morgan fingerprint density at radius 1 is 1.26 bits per heavy atom. The van der Waals surface area contributed by atoms with E-state index in [-0.39, 0.29) is 17.9 Å². The number of carbonyl (C=O) groups is 3. The van der Waals surface area contributed by atoms with Gasteiger partial charge in [0.2, 0.25) is 5.91 Å². The van der Waals surface area contributed by atoms with Crippen molar-refractivity contribution in [2.24, 2.45) is 11.3 Å². The van der Waals surface area contributed by atoms with Gasteiger partial charge in [-0.2, -0.15) is 5.10 Å². The van der Waals surface area contributed by atoms with Gasteiger partial charge in [-0.1, -0.05) is 20.8 Å². The molecule has 0 atom stereocenters. The molecule has 4 amide bonds. The largest absolute Gasteiger partial charge is 0.325 e. The van der Waals surface area contributed by atoms with E-state index in [1.54, 1.807) is 13.8 Å². The molecule has 1 saturated heterocycles. The van der Waals surface area contributed by atoms with Crippen LogP contribution in [-0.2, 0) is 9.59 Å². The third-order valence-corrected chi connectivity index (χ3v) is 6.00. The molecule has 1 aliphatic heterocycles. The number of amides is 4. The van der Waals surface area contributed by atoms with Gasteiger partial charge in [-0.05, 0) is 50.9 Å². The van der Waals surface area contributed by atoms with Gasteiger partial charge in [0.05, 0.1) is 17.1 Å². The van der Waals surface area contributed by atoms with Crippen LogP contribution >= 0.6 is 0 Å². The monoisotopic (exact) mass is 375 g/mol. The molecule has 2 fully saturated rings. The van der Waals surface area contributed by atoms with Gasteiger partial charge in [-0.15, -0.1) is 0 Å². The first-order valence-corrected chi connectivity index (χ1v) is 9.49. The maximum absolute atomic E-state index is 13.0. The molecule has 2 aliphatic rings. The number of hydrogen-bond acceptors (Lipinski definition) is 4. The van der Waals surface area contributed by atoms with E-state index in [0.29, 0.717) is 30.1 Å². The van der Waals surface area contributed by atoms with Crippen molar-refractivity contribution in [3.05, 3.63) is 11.4 Å². The van der Waals surface area contributed by atoms with Crippen LogP contribution in [0.25, 0.3) is 0 Å². The fraction of sp³-hybridized carbons (Fsp3) is 0.684. The Morgan fingerprint density at radius 3 is 2.41 bits per heavy atom. The van der Waals surface area contributed by atoms with E-state index in [0.717, 1.165) is 23.4 Å². The predicted octanol–water partition coefficient (Wildman–Crippen LogP) is 2.49. The number of aromatic nitrogens is 2. The lowest BCUT2D eigenvalue weighted by atomic mass is 9.67. The molecule has 1 saturated carbocycles. The molecule has 0 radical (unpaired) electrons. The van der Waals surface area contributed by atoms with Crippen LogP contribution in [0, 0.1) is 25.2 Å². The van der Waals surface area contributed by atoms with Crippen LogP contribution in [0.4, 0.5) is 10.5 Å². The summed E-state index contributed by atoms with van der Waals surface area (Å²) in [6.45, 7) is 9.91. The molecule has 0 unspecified atom stereocenters. The number of nitrogens with zero attached hydrogens (tertiary/aromatic N) is 2. The van der Waals surface area contributed by atoms with E-state index in [1.165, 1.54) is 0 Å². The van der Waals surface area contributed by atoms with Crippen molar-refractivity contribution in [1.82, 2.24) is 20.4 Å². The molecule has 1 aromatic heterocycles. The Labute approximate surface area is 159 Å². The zero-order chi connectivity index (χ0) is 20.0. The molecule has 27 heavy (non-hydrogen) atoms. The normalized spacial score (nSPS) is 25.8. The molecule has 2 heterocycles. The van der Waals surface area contributed by atoms with Crippen molar-refractivity contribution in [2.75, 3.05) is 11.9 Å². The lowest BCUT2D eigenvalue weighted by Gasteiger charge is -2.40. The first-order chi connectivity index (χ1) is 12.5. The Bertz CT molecular complexity index is 749. The number of rotatable bonds is 3. The van der Waals surface area contributed by atoms with Gasteiger partial charge in [0, 0.05) is 0 Å². The van der Waals surface area contributed by atoms with Crippen LogP contribution in [0.3, 0.4) is 0 Å². The van der Waals surface area contributed by atoms with E-state index in [4.69, 9.17) is 0 Å². The summed E-state index contributed by atoms with van der Waals surface area (Å²) < 4.78 is 0. The number of urea groups is 1. The summed E-state index contributed by atoms with van der Waals surface area (Å²) in [5.74, 6) is -0.167. The zero-order valence-electron chi connectivity index (χ0n) is 16.7. The molecule has 1 aromatic rings. The SMILES string of the molecule is Cc1n[nH]c(C)c1NC(=O)CN1C(=O)NC2(CCC(C(C)(C)C)CC2)C1=O. The number of H-pyrrole nitrogens is 1. The summed E-state index contributed by atoms with van der Waals surface area (Å²) in [4.78, 5) is 38.8. The van der Waals surface area contributed by atoms with E-state index < -0.39 is 17.5 Å². The molecular formula is C19H29N5O3. The van der Waals surface area contributed by atoms with Crippen molar-refractivity contribution in [3.8, 4) is 0 Å². The van der Waals surface area contributed by atoms with Crippen LogP contribution in [0.2, 0.25) is 0 Å². The van der Waals surface area contributed by atoms with Crippen molar-refractivity contribution in [1.29, 1.82) is 0 Å². The quantitative estimate of drug-likeness (QED) is 0.706. The van der Waals surface area contributed by atoms with Gasteiger partial charge in [0.25, 0.3) is 5.91 Å². The van der Waals surface area contributed by atoms with Gasteiger partial charge < -0.3 is 10.6 Å². The minimum atomic E-state index is -0.847. The summed E-state index contributed by atoms with van der Waals surface area (Å²) >= 11 is 0. The number of carbonyl (C=O) groups excluding carboxylic acids is 3. The Balaban J connectivity index is 1.66. The van der Waals surface area contributed by atoms with Crippen molar-refractivity contribution in [2.45, 2.75) is 65.8 Å². The van der Waals surface area contributed by atoms with Gasteiger partial charge in [-0.3, -0.25) is 19.6 Å². The molecule has 0 bridgehead atoms. The highest BCUT2D eigenvalue weighted by molar-refractivity contribution is 6.10. The third-order valence-electron chi connectivity index (χ3n) is 6.00. The first-order valence-electron chi connectivity index (χ1n) is 9.49. The van der Waals surface area contributed by atoms with Crippen LogP contribution in [0.1, 0.15) is 57.8 Å². The van der Waals surface area contributed by atoms with Crippen molar-refractivity contribution in [3.63, 3.8) is 0 Å². The molecule has 8 nitrogen and oxygen atoms in total. The van der Waals surface area contributed by atoms with E-state index in [1.807, 2.05) is 0 Å². The molecule has 1 spiro atoms. The number of hydrogen-bond donors (Lipinski definition) is 3. The molecule has 3 N–H and O–H groups in total.